The Labute approximate surface area is 113 Å². The lowest BCUT2D eigenvalue weighted by Gasteiger charge is -2.31. The Hall–Kier alpha value is -0.0900. The van der Waals surface area contributed by atoms with Gasteiger partial charge in [0.05, 0.1) is 10.5 Å². The molecule has 0 aromatic heterocycles. The zero-order chi connectivity index (χ0) is 14.0. The summed E-state index contributed by atoms with van der Waals surface area (Å²) >= 11 is 0. The molecule has 0 heterocycles. The van der Waals surface area contributed by atoms with E-state index in [1.165, 1.54) is 12.8 Å². The number of hydrogen-bond acceptors (Lipinski definition) is 3. The molecule has 0 aromatic carbocycles. The van der Waals surface area contributed by atoms with Crippen LogP contribution in [-0.4, -0.2) is 32.0 Å². The highest BCUT2D eigenvalue weighted by Gasteiger charge is 2.42. The molecule has 1 aliphatic rings. The first-order chi connectivity index (χ1) is 8.12. The standard InChI is InChI=1S/C14H29NO2S/c1-6-15-11-14(5,12-7-8-12)9-10-18(16,17)13(2,3)4/h12,15H,6-11H2,1-5H3. The van der Waals surface area contributed by atoms with Crippen LogP contribution >= 0.6 is 0 Å². The van der Waals surface area contributed by atoms with Crippen LogP contribution in [0.15, 0.2) is 0 Å². The molecule has 1 rings (SSSR count). The van der Waals surface area contributed by atoms with Crippen molar-refractivity contribution in [3.05, 3.63) is 0 Å². The molecule has 0 aromatic rings. The van der Waals surface area contributed by atoms with Crippen molar-refractivity contribution in [2.75, 3.05) is 18.8 Å². The number of rotatable bonds is 7. The van der Waals surface area contributed by atoms with Gasteiger partial charge in [0.25, 0.3) is 0 Å². The monoisotopic (exact) mass is 275 g/mol. The molecule has 18 heavy (non-hydrogen) atoms. The Morgan fingerprint density at radius 3 is 2.11 bits per heavy atom. The molecule has 1 saturated carbocycles. The quantitative estimate of drug-likeness (QED) is 0.777. The minimum absolute atomic E-state index is 0.147. The summed E-state index contributed by atoms with van der Waals surface area (Å²) in [6, 6.07) is 0. The second-order valence-corrected chi connectivity index (χ2v) is 9.75. The van der Waals surface area contributed by atoms with Crippen molar-refractivity contribution in [2.24, 2.45) is 11.3 Å². The average Bonchev–Trinajstić information content (AvgIpc) is 3.06. The molecule has 0 bridgehead atoms. The molecule has 3 nitrogen and oxygen atoms in total. The highest BCUT2D eigenvalue weighted by Crippen LogP contribution is 2.47. The molecule has 108 valence electrons. The fourth-order valence-corrected chi connectivity index (χ4v) is 3.65. The fourth-order valence-electron chi connectivity index (χ4n) is 2.30. The molecule has 1 fully saturated rings. The van der Waals surface area contributed by atoms with E-state index in [1.807, 2.05) is 0 Å². The predicted molar refractivity (Wildman–Crippen MR) is 77.5 cm³/mol. The van der Waals surface area contributed by atoms with E-state index in [1.54, 1.807) is 20.8 Å². The third-order valence-corrected chi connectivity index (χ3v) is 6.82. The van der Waals surface area contributed by atoms with E-state index in [0.29, 0.717) is 11.7 Å². The van der Waals surface area contributed by atoms with Crippen molar-refractivity contribution in [3.63, 3.8) is 0 Å². The second-order valence-electron chi connectivity index (χ2n) is 6.89. The van der Waals surface area contributed by atoms with Crippen molar-refractivity contribution in [1.29, 1.82) is 0 Å². The lowest BCUT2D eigenvalue weighted by atomic mass is 9.82. The molecule has 0 radical (unpaired) electrons. The zero-order valence-corrected chi connectivity index (χ0v) is 13.4. The van der Waals surface area contributed by atoms with E-state index in [2.05, 4.69) is 19.2 Å². The second kappa shape index (κ2) is 5.49. The van der Waals surface area contributed by atoms with Gasteiger partial charge >= 0.3 is 0 Å². The summed E-state index contributed by atoms with van der Waals surface area (Å²) in [6.07, 6.45) is 3.30. The molecule has 0 saturated heterocycles. The molecule has 0 spiro atoms. The fraction of sp³-hybridized carbons (Fsp3) is 1.00. The van der Waals surface area contributed by atoms with Crippen molar-refractivity contribution in [3.8, 4) is 0 Å². The first kappa shape index (κ1) is 16.0. The third kappa shape index (κ3) is 3.95. The third-order valence-electron chi connectivity index (χ3n) is 4.22. The topological polar surface area (TPSA) is 46.2 Å². The number of nitrogens with one attached hydrogen (secondary N) is 1. The molecule has 1 N–H and O–H groups in total. The summed E-state index contributed by atoms with van der Waals surface area (Å²) in [6.45, 7) is 11.6. The van der Waals surface area contributed by atoms with Gasteiger partial charge in [0.2, 0.25) is 0 Å². The van der Waals surface area contributed by atoms with Crippen molar-refractivity contribution in [1.82, 2.24) is 5.32 Å². The SMILES string of the molecule is CCNCC(C)(CCS(=O)(=O)C(C)(C)C)C1CC1. The molecule has 1 aliphatic carbocycles. The predicted octanol–water partition coefficient (Wildman–Crippen LogP) is 2.62. The van der Waals surface area contributed by atoms with Gasteiger partial charge in [-0.15, -0.1) is 0 Å². The first-order valence-electron chi connectivity index (χ1n) is 7.05. The maximum atomic E-state index is 12.2. The molecule has 0 amide bonds. The van der Waals surface area contributed by atoms with E-state index in [4.69, 9.17) is 0 Å². The summed E-state index contributed by atoms with van der Waals surface area (Å²) in [5.41, 5.74) is 0.147. The van der Waals surface area contributed by atoms with Gasteiger partial charge in [0.1, 0.15) is 0 Å². The summed E-state index contributed by atoms with van der Waals surface area (Å²) < 4.78 is 23.8. The molecule has 0 aliphatic heterocycles. The van der Waals surface area contributed by atoms with Crippen molar-refractivity contribution in [2.45, 2.75) is 58.6 Å². The van der Waals surface area contributed by atoms with E-state index < -0.39 is 14.6 Å². The number of sulfone groups is 1. The summed E-state index contributed by atoms with van der Waals surface area (Å²) in [4.78, 5) is 0. The van der Waals surface area contributed by atoms with Gasteiger partial charge in [-0.2, -0.15) is 0 Å². The summed E-state index contributed by atoms with van der Waals surface area (Å²) in [5, 5.41) is 3.39. The van der Waals surface area contributed by atoms with Crippen LogP contribution in [0.2, 0.25) is 0 Å². The lowest BCUT2D eigenvalue weighted by molar-refractivity contribution is 0.250. The molecular formula is C14H29NO2S. The molecule has 1 unspecified atom stereocenters. The minimum atomic E-state index is -2.99. The maximum absolute atomic E-state index is 12.2. The van der Waals surface area contributed by atoms with Crippen LogP contribution in [0.1, 0.15) is 53.9 Å². The maximum Gasteiger partial charge on any atom is 0.155 e. The first-order valence-corrected chi connectivity index (χ1v) is 8.70. The Bertz CT molecular complexity index is 366. The smallest absolute Gasteiger partial charge is 0.155 e. The zero-order valence-electron chi connectivity index (χ0n) is 12.5. The van der Waals surface area contributed by atoms with Gasteiger partial charge in [0, 0.05) is 6.54 Å². The van der Waals surface area contributed by atoms with Crippen LogP contribution in [0.3, 0.4) is 0 Å². The van der Waals surface area contributed by atoms with Crippen LogP contribution in [0.5, 0.6) is 0 Å². The number of hydrogen-bond donors (Lipinski definition) is 1. The highest BCUT2D eigenvalue weighted by atomic mass is 32.2. The summed E-state index contributed by atoms with van der Waals surface area (Å²) in [5.74, 6) is 1.03. The minimum Gasteiger partial charge on any atom is -0.316 e. The van der Waals surface area contributed by atoms with Crippen LogP contribution in [0.4, 0.5) is 0 Å². The Kier molecular flexibility index (Phi) is 4.87. The van der Waals surface area contributed by atoms with Crippen LogP contribution < -0.4 is 5.32 Å². The highest BCUT2D eigenvalue weighted by molar-refractivity contribution is 7.92. The van der Waals surface area contributed by atoms with Crippen molar-refractivity contribution >= 4 is 9.84 Å². The molecular weight excluding hydrogens is 246 g/mol. The van der Waals surface area contributed by atoms with Gasteiger partial charge in [-0.25, -0.2) is 8.42 Å². The van der Waals surface area contributed by atoms with E-state index >= 15 is 0 Å². The van der Waals surface area contributed by atoms with Crippen molar-refractivity contribution < 1.29 is 8.42 Å². The van der Waals surface area contributed by atoms with Gasteiger partial charge < -0.3 is 5.32 Å². The normalized spacial score (nSPS) is 20.7. The van der Waals surface area contributed by atoms with Crippen LogP contribution in [-0.2, 0) is 9.84 Å². The summed E-state index contributed by atoms with van der Waals surface area (Å²) in [7, 11) is -2.99. The van der Waals surface area contributed by atoms with Crippen LogP contribution in [0.25, 0.3) is 0 Å². The van der Waals surface area contributed by atoms with Gasteiger partial charge in [-0.3, -0.25) is 0 Å². The van der Waals surface area contributed by atoms with Crippen LogP contribution in [0, 0.1) is 11.3 Å². The Balaban J connectivity index is 2.63. The van der Waals surface area contributed by atoms with Gasteiger partial charge in [-0.05, 0) is 57.9 Å². The largest absolute Gasteiger partial charge is 0.316 e. The Morgan fingerprint density at radius 2 is 1.72 bits per heavy atom. The van der Waals surface area contributed by atoms with E-state index in [-0.39, 0.29) is 5.41 Å². The lowest BCUT2D eigenvalue weighted by Crippen LogP contribution is -2.38. The van der Waals surface area contributed by atoms with E-state index in [9.17, 15) is 8.42 Å². The van der Waals surface area contributed by atoms with Gasteiger partial charge in [-0.1, -0.05) is 13.8 Å². The van der Waals surface area contributed by atoms with Gasteiger partial charge in [0.15, 0.2) is 9.84 Å². The Morgan fingerprint density at radius 1 is 1.17 bits per heavy atom. The molecule has 1 atom stereocenters. The average molecular weight is 275 g/mol. The molecule has 4 heteroatoms. The van der Waals surface area contributed by atoms with E-state index in [0.717, 1.165) is 19.5 Å².